The van der Waals surface area contributed by atoms with Crippen molar-refractivity contribution >= 4 is 14.4 Å². The second-order valence-electron chi connectivity index (χ2n) is 9.28. The van der Waals surface area contributed by atoms with Gasteiger partial charge in [-0.05, 0) is 45.3 Å². The van der Waals surface area contributed by atoms with Crippen LogP contribution in [0.4, 0.5) is 4.79 Å². The van der Waals surface area contributed by atoms with Crippen LogP contribution in [0, 0.1) is 0 Å². The SMILES string of the molecule is COC(OC)[C@@H]1C[C@@H](O[Si](C)(C)C(C)(C)C)CN1C(=O)OC(C)(C)C. The summed E-state index contributed by atoms with van der Waals surface area (Å²) in [6.45, 7) is 17.2. The van der Waals surface area contributed by atoms with Crippen molar-refractivity contribution in [2.75, 3.05) is 20.8 Å². The number of carbonyl (C=O) groups is 1. The third-order valence-electron chi connectivity index (χ3n) is 4.98. The van der Waals surface area contributed by atoms with Crippen LogP contribution in [0.2, 0.25) is 18.1 Å². The number of carbonyl (C=O) groups excluding carboxylic acids is 1. The summed E-state index contributed by atoms with van der Waals surface area (Å²) < 4.78 is 22.9. The number of nitrogens with zero attached hydrogens (tertiary/aromatic N) is 1. The lowest BCUT2D eigenvalue weighted by molar-refractivity contribution is -0.138. The number of hydrogen-bond acceptors (Lipinski definition) is 5. The predicted molar refractivity (Wildman–Crippen MR) is 101 cm³/mol. The minimum Gasteiger partial charge on any atom is -0.444 e. The Kier molecular flexibility index (Phi) is 7.12. The Morgan fingerprint density at radius 2 is 1.60 bits per heavy atom. The molecule has 7 heteroatoms. The zero-order chi connectivity index (χ0) is 19.6. The summed E-state index contributed by atoms with van der Waals surface area (Å²) in [7, 11) is 1.25. The molecule has 0 unspecified atom stereocenters. The van der Waals surface area contributed by atoms with Gasteiger partial charge in [-0.15, -0.1) is 0 Å². The number of ether oxygens (including phenoxy) is 3. The van der Waals surface area contributed by atoms with Crippen LogP contribution in [0.3, 0.4) is 0 Å². The molecule has 0 bridgehead atoms. The third kappa shape index (κ3) is 5.94. The molecule has 0 aromatic heterocycles. The van der Waals surface area contributed by atoms with E-state index in [0.29, 0.717) is 13.0 Å². The Morgan fingerprint density at radius 3 is 2.00 bits per heavy atom. The topological polar surface area (TPSA) is 57.2 Å². The Labute approximate surface area is 154 Å². The maximum Gasteiger partial charge on any atom is 0.410 e. The fourth-order valence-corrected chi connectivity index (χ4v) is 4.06. The van der Waals surface area contributed by atoms with E-state index < -0.39 is 20.2 Å². The molecule has 1 amide bonds. The lowest BCUT2D eigenvalue weighted by Gasteiger charge is -2.38. The average Bonchev–Trinajstić information content (AvgIpc) is 2.80. The van der Waals surface area contributed by atoms with Gasteiger partial charge in [0.25, 0.3) is 0 Å². The molecule has 0 spiro atoms. The van der Waals surface area contributed by atoms with Crippen molar-refractivity contribution < 1.29 is 23.4 Å². The monoisotopic (exact) mass is 375 g/mol. The molecule has 0 aromatic carbocycles. The first-order valence-electron chi connectivity index (χ1n) is 8.95. The molecule has 25 heavy (non-hydrogen) atoms. The zero-order valence-electron chi connectivity index (χ0n) is 17.6. The Hall–Kier alpha value is -0.633. The minimum absolute atomic E-state index is 0.0359. The number of methoxy groups -OCH3 is 2. The quantitative estimate of drug-likeness (QED) is 0.537. The summed E-state index contributed by atoms with van der Waals surface area (Å²) in [5.41, 5.74) is -0.546. The van der Waals surface area contributed by atoms with Gasteiger partial charge in [0.2, 0.25) is 0 Å². The molecule has 0 aromatic rings. The highest BCUT2D eigenvalue weighted by atomic mass is 28.4. The van der Waals surface area contributed by atoms with Gasteiger partial charge >= 0.3 is 6.09 Å². The van der Waals surface area contributed by atoms with Crippen molar-refractivity contribution in [1.82, 2.24) is 4.90 Å². The Bertz CT molecular complexity index is 451. The Morgan fingerprint density at radius 1 is 1.08 bits per heavy atom. The van der Waals surface area contributed by atoms with Crippen LogP contribution in [0.15, 0.2) is 0 Å². The van der Waals surface area contributed by atoms with E-state index >= 15 is 0 Å². The molecule has 0 N–H and O–H groups in total. The summed E-state index contributed by atoms with van der Waals surface area (Å²) in [4.78, 5) is 14.4. The summed E-state index contributed by atoms with van der Waals surface area (Å²) >= 11 is 0. The second kappa shape index (κ2) is 7.94. The van der Waals surface area contributed by atoms with Crippen LogP contribution in [0.5, 0.6) is 0 Å². The highest BCUT2D eigenvalue weighted by molar-refractivity contribution is 6.74. The lowest BCUT2D eigenvalue weighted by atomic mass is 10.2. The second-order valence-corrected chi connectivity index (χ2v) is 14.0. The average molecular weight is 376 g/mol. The standard InChI is InChI=1S/C18H37NO5Si/c1-17(2,3)23-16(20)19-12-13(11-14(19)15(21-7)22-8)24-25(9,10)18(4,5)6/h13-15H,11-12H2,1-10H3/t13-,14+/m1/s1. The number of rotatable bonds is 5. The Balaban J connectivity index is 2.96. The zero-order valence-corrected chi connectivity index (χ0v) is 18.6. The van der Waals surface area contributed by atoms with Crippen molar-refractivity contribution in [3.8, 4) is 0 Å². The number of hydrogen-bond donors (Lipinski definition) is 0. The van der Waals surface area contributed by atoms with E-state index in [0.717, 1.165) is 0 Å². The van der Waals surface area contributed by atoms with Crippen molar-refractivity contribution in [2.45, 2.75) is 90.1 Å². The molecule has 6 nitrogen and oxygen atoms in total. The van der Waals surface area contributed by atoms with E-state index in [1.807, 2.05) is 20.8 Å². The molecule has 1 fully saturated rings. The van der Waals surface area contributed by atoms with Gasteiger partial charge in [0.05, 0.1) is 12.1 Å². The fraction of sp³-hybridized carbons (Fsp3) is 0.944. The summed E-state index contributed by atoms with van der Waals surface area (Å²) in [5, 5.41) is 0.115. The maximum absolute atomic E-state index is 12.7. The maximum atomic E-state index is 12.7. The van der Waals surface area contributed by atoms with Crippen LogP contribution in [-0.2, 0) is 18.6 Å². The van der Waals surface area contributed by atoms with E-state index in [-0.39, 0.29) is 23.3 Å². The minimum atomic E-state index is -1.93. The molecule has 1 saturated heterocycles. The molecule has 1 aliphatic heterocycles. The van der Waals surface area contributed by atoms with Gasteiger partial charge in [0.15, 0.2) is 14.6 Å². The van der Waals surface area contributed by atoms with Gasteiger partial charge in [-0.3, -0.25) is 4.90 Å². The van der Waals surface area contributed by atoms with Crippen molar-refractivity contribution in [2.24, 2.45) is 0 Å². The van der Waals surface area contributed by atoms with Gasteiger partial charge in [-0.25, -0.2) is 4.79 Å². The lowest BCUT2D eigenvalue weighted by Crippen LogP contribution is -2.46. The van der Waals surface area contributed by atoms with Crippen molar-refractivity contribution in [3.63, 3.8) is 0 Å². The molecular formula is C18H37NO5Si. The van der Waals surface area contributed by atoms with Crippen LogP contribution in [0.1, 0.15) is 48.0 Å². The summed E-state index contributed by atoms with van der Waals surface area (Å²) in [6.07, 6.45) is -0.206. The summed E-state index contributed by atoms with van der Waals surface area (Å²) in [6, 6.07) is -0.223. The molecule has 1 heterocycles. The van der Waals surface area contributed by atoms with E-state index in [1.54, 1.807) is 19.1 Å². The molecule has 1 aliphatic rings. The third-order valence-corrected chi connectivity index (χ3v) is 9.51. The van der Waals surface area contributed by atoms with E-state index in [4.69, 9.17) is 18.6 Å². The van der Waals surface area contributed by atoms with E-state index in [9.17, 15) is 4.79 Å². The van der Waals surface area contributed by atoms with E-state index in [1.165, 1.54) is 0 Å². The van der Waals surface area contributed by atoms with Crippen LogP contribution < -0.4 is 0 Å². The molecule has 0 saturated carbocycles. The van der Waals surface area contributed by atoms with Crippen LogP contribution >= 0.6 is 0 Å². The smallest absolute Gasteiger partial charge is 0.410 e. The van der Waals surface area contributed by atoms with Crippen molar-refractivity contribution in [1.29, 1.82) is 0 Å². The molecule has 1 rings (SSSR count). The number of likely N-dealkylation sites (tertiary alicyclic amines) is 1. The molecule has 2 atom stereocenters. The first-order chi connectivity index (χ1) is 11.2. The van der Waals surface area contributed by atoms with Gasteiger partial charge < -0.3 is 18.6 Å². The molecule has 0 aliphatic carbocycles. The highest BCUT2D eigenvalue weighted by Crippen LogP contribution is 2.39. The normalized spacial score (nSPS) is 22.6. The van der Waals surface area contributed by atoms with E-state index in [2.05, 4.69) is 33.9 Å². The van der Waals surface area contributed by atoms with Gasteiger partial charge in [-0.2, -0.15) is 0 Å². The number of amides is 1. The van der Waals surface area contributed by atoms with Gasteiger partial charge in [-0.1, -0.05) is 20.8 Å². The van der Waals surface area contributed by atoms with Gasteiger partial charge in [0.1, 0.15) is 5.60 Å². The summed E-state index contributed by atoms with van der Waals surface area (Å²) in [5.74, 6) is 0. The molecule has 148 valence electrons. The van der Waals surface area contributed by atoms with Crippen LogP contribution in [0.25, 0.3) is 0 Å². The van der Waals surface area contributed by atoms with Crippen molar-refractivity contribution in [3.05, 3.63) is 0 Å². The van der Waals surface area contributed by atoms with Crippen LogP contribution in [-0.4, -0.2) is 64.1 Å². The fourth-order valence-electron chi connectivity index (χ4n) is 2.70. The first kappa shape index (κ1) is 22.4. The molecular weight excluding hydrogens is 338 g/mol. The van der Waals surface area contributed by atoms with Gasteiger partial charge in [0, 0.05) is 20.8 Å². The largest absolute Gasteiger partial charge is 0.444 e. The molecule has 0 radical (unpaired) electrons. The predicted octanol–water partition coefficient (Wildman–Crippen LogP) is 4.01. The first-order valence-corrected chi connectivity index (χ1v) is 11.9. The highest BCUT2D eigenvalue weighted by Gasteiger charge is 2.46.